The van der Waals surface area contributed by atoms with Crippen molar-refractivity contribution in [3.63, 3.8) is 0 Å². The van der Waals surface area contributed by atoms with Crippen LogP contribution in [0.3, 0.4) is 0 Å². The van der Waals surface area contributed by atoms with Crippen LogP contribution >= 0.6 is 0 Å². The van der Waals surface area contributed by atoms with Gasteiger partial charge in [-0.2, -0.15) is 0 Å². The maximum Gasteiger partial charge on any atom is 0.0973 e. The Morgan fingerprint density at radius 2 is 0.698 bits per heavy atom. The number of nitrogens with zero attached hydrogens (tertiary/aromatic N) is 2. The third-order valence-corrected chi connectivity index (χ3v) is 8.30. The van der Waals surface area contributed by atoms with Gasteiger partial charge in [0.05, 0.1) is 22.4 Å². The number of fused-ring (bicyclic) bond motifs is 3. The fraction of sp³-hybridized carbons (Fsp3) is 0.0244. The van der Waals surface area contributed by atoms with E-state index in [0.717, 1.165) is 33.5 Å². The van der Waals surface area contributed by atoms with Gasteiger partial charge in [0.25, 0.3) is 0 Å². The smallest absolute Gasteiger partial charge is 0.0973 e. The second-order valence-corrected chi connectivity index (χ2v) is 11.2. The molecule has 0 spiro atoms. The van der Waals surface area contributed by atoms with E-state index in [1.165, 1.54) is 49.4 Å². The first-order valence-corrected chi connectivity index (χ1v) is 14.7. The minimum Gasteiger partial charge on any atom is -0.244 e. The minimum atomic E-state index is 0.885. The molecule has 0 aliphatic rings. The van der Waals surface area contributed by atoms with Gasteiger partial charge >= 0.3 is 0 Å². The molecule has 0 atom stereocenters. The van der Waals surface area contributed by atoms with Gasteiger partial charge in [-0.25, -0.2) is 9.97 Å². The van der Waals surface area contributed by atoms with Gasteiger partial charge in [0.2, 0.25) is 0 Å². The van der Waals surface area contributed by atoms with Crippen LogP contribution in [0.1, 0.15) is 5.56 Å². The summed E-state index contributed by atoms with van der Waals surface area (Å²) in [5.41, 5.74) is 11.7. The lowest BCUT2D eigenvalue weighted by Crippen LogP contribution is -1.96. The molecule has 1 aromatic heterocycles. The molecule has 1 heterocycles. The summed E-state index contributed by atoms with van der Waals surface area (Å²) in [6, 6.07) is 53.9. The highest BCUT2D eigenvalue weighted by molar-refractivity contribution is 6.04. The first kappa shape index (κ1) is 25.1. The molecular formula is C41H28N2. The van der Waals surface area contributed by atoms with E-state index >= 15 is 0 Å². The standard InChI is InChI=1S/C41H28N2/c1-27-11-13-29(14-12-27)31-17-21-33(22-18-31)41-40(32-19-15-30(16-20-32)28-7-3-2-4-8-28)42-38-25-36-23-34-9-5-6-10-35(34)24-37(36)26-39(38)43-41/h2-26H,1H3. The Labute approximate surface area is 251 Å². The summed E-state index contributed by atoms with van der Waals surface area (Å²) in [5.74, 6) is 0. The predicted molar refractivity (Wildman–Crippen MR) is 181 cm³/mol. The number of hydrogen-bond donors (Lipinski definition) is 0. The summed E-state index contributed by atoms with van der Waals surface area (Å²) < 4.78 is 0. The van der Waals surface area contributed by atoms with E-state index in [1.807, 2.05) is 6.07 Å². The highest BCUT2D eigenvalue weighted by Crippen LogP contribution is 2.35. The lowest BCUT2D eigenvalue weighted by molar-refractivity contribution is 1.30. The second-order valence-electron chi connectivity index (χ2n) is 11.2. The summed E-state index contributed by atoms with van der Waals surface area (Å²) in [6.45, 7) is 2.12. The average molecular weight is 549 g/mol. The molecule has 43 heavy (non-hydrogen) atoms. The number of benzene rings is 7. The molecule has 8 rings (SSSR count). The Balaban J connectivity index is 1.30. The van der Waals surface area contributed by atoms with Crippen LogP contribution in [0, 0.1) is 6.92 Å². The first-order valence-electron chi connectivity index (χ1n) is 14.7. The van der Waals surface area contributed by atoms with Crippen LogP contribution in [0.15, 0.2) is 152 Å². The second kappa shape index (κ2) is 10.3. The Morgan fingerprint density at radius 1 is 0.326 bits per heavy atom. The molecular weight excluding hydrogens is 520 g/mol. The summed E-state index contributed by atoms with van der Waals surface area (Å²) in [5, 5.41) is 4.79. The van der Waals surface area contributed by atoms with Crippen LogP contribution in [0.5, 0.6) is 0 Å². The van der Waals surface area contributed by atoms with Gasteiger partial charge in [0.15, 0.2) is 0 Å². The van der Waals surface area contributed by atoms with Crippen LogP contribution in [0.25, 0.3) is 77.3 Å². The third kappa shape index (κ3) is 4.73. The highest BCUT2D eigenvalue weighted by Gasteiger charge is 2.15. The number of aromatic nitrogens is 2. The fourth-order valence-electron chi connectivity index (χ4n) is 5.91. The van der Waals surface area contributed by atoms with Crippen molar-refractivity contribution < 1.29 is 0 Å². The van der Waals surface area contributed by atoms with Crippen molar-refractivity contribution in [2.24, 2.45) is 0 Å². The van der Waals surface area contributed by atoms with Crippen molar-refractivity contribution in [1.82, 2.24) is 9.97 Å². The molecule has 0 amide bonds. The Bertz CT molecular complexity index is 2250. The number of hydrogen-bond acceptors (Lipinski definition) is 2. The first-order chi connectivity index (χ1) is 21.2. The molecule has 0 aliphatic heterocycles. The zero-order valence-electron chi connectivity index (χ0n) is 23.8. The normalized spacial score (nSPS) is 11.4. The van der Waals surface area contributed by atoms with Crippen molar-refractivity contribution >= 4 is 32.6 Å². The fourth-order valence-corrected chi connectivity index (χ4v) is 5.91. The Kier molecular flexibility index (Phi) is 6.05. The van der Waals surface area contributed by atoms with Crippen molar-refractivity contribution in [2.75, 3.05) is 0 Å². The van der Waals surface area contributed by atoms with Gasteiger partial charge in [-0.15, -0.1) is 0 Å². The van der Waals surface area contributed by atoms with Gasteiger partial charge in [-0.05, 0) is 75.0 Å². The van der Waals surface area contributed by atoms with E-state index in [-0.39, 0.29) is 0 Å². The molecule has 0 saturated heterocycles. The zero-order chi connectivity index (χ0) is 28.8. The van der Waals surface area contributed by atoms with Crippen LogP contribution in [-0.4, -0.2) is 9.97 Å². The molecule has 7 aromatic carbocycles. The molecule has 2 heteroatoms. The molecule has 0 saturated carbocycles. The summed E-state index contributed by atoms with van der Waals surface area (Å²) in [4.78, 5) is 10.6. The molecule has 0 aliphatic carbocycles. The average Bonchev–Trinajstić information content (AvgIpc) is 3.07. The molecule has 202 valence electrons. The quantitative estimate of drug-likeness (QED) is 0.204. The van der Waals surface area contributed by atoms with Gasteiger partial charge in [0.1, 0.15) is 0 Å². The van der Waals surface area contributed by atoms with Gasteiger partial charge in [0, 0.05) is 11.1 Å². The van der Waals surface area contributed by atoms with Gasteiger partial charge in [-0.3, -0.25) is 0 Å². The molecule has 0 radical (unpaired) electrons. The summed E-state index contributed by atoms with van der Waals surface area (Å²) in [7, 11) is 0. The van der Waals surface area contributed by atoms with E-state index in [4.69, 9.17) is 9.97 Å². The van der Waals surface area contributed by atoms with Crippen LogP contribution in [0.2, 0.25) is 0 Å². The maximum atomic E-state index is 5.28. The van der Waals surface area contributed by atoms with E-state index in [0.29, 0.717) is 0 Å². The van der Waals surface area contributed by atoms with Crippen molar-refractivity contribution in [2.45, 2.75) is 6.92 Å². The van der Waals surface area contributed by atoms with E-state index in [9.17, 15) is 0 Å². The predicted octanol–water partition coefficient (Wildman–Crippen LogP) is 10.9. The highest BCUT2D eigenvalue weighted by atomic mass is 14.8. The van der Waals surface area contributed by atoms with Crippen molar-refractivity contribution in [1.29, 1.82) is 0 Å². The van der Waals surface area contributed by atoms with E-state index < -0.39 is 0 Å². The van der Waals surface area contributed by atoms with E-state index in [1.54, 1.807) is 0 Å². The maximum absolute atomic E-state index is 5.28. The number of aryl methyl sites for hydroxylation is 1. The Morgan fingerprint density at radius 3 is 1.16 bits per heavy atom. The lowest BCUT2D eigenvalue weighted by Gasteiger charge is -2.13. The van der Waals surface area contributed by atoms with Crippen LogP contribution in [-0.2, 0) is 0 Å². The molecule has 0 unspecified atom stereocenters. The summed E-state index contributed by atoms with van der Waals surface area (Å²) in [6.07, 6.45) is 0. The topological polar surface area (TPSA) is 25.8 Å². The molecule has 0 bridgehead atoms. The molecule has 0 fully saturated rings. The zero-order valence-corrected chi connectivity index (χ0v) is 23.8. The van der Waals surface area contributed by atoms with Crippen molar-refractivity contribution in [3.05, 3.63) is 157 Å². The third-order valence-electron chi connectivity index (χ3n) is 8.30. The largest absolute Gasteiger partial charge is 0.244 e. The summed E-state index contributed by atoms with van der Waals surface area (Å²) >= 11 is 0. The number of rotatable bonds is 4. The van der Waals surface area contributed by atoms with Crippen LogP contribution in [0.4, 0.5) is 0 Å². The minimum absolute atomic E-state index is 0.885. The lowest BCUT2D eigenvalue weighted by atomic mass is 9.97. The monoisotopic (exact) mass is 548 g/mol. The SMILES string of the molecule is Cc1ccc(-c2ccc(-c3nc4cc5cc6ccccc6cc5cc4nc3-c3ccc(-c4ccccc4)cc3)cc2)cc1. The van der Waals surface area contributed by atoms with Gasteiger partial charge in [-0.1, -0.05) is 133 Å². The van der Waals surface area contributed by atoms with Gasteiger partial charge < -0.3 is 0 Å². The van der Waals surface area contributed by atoms with Crippen molar-refractivity contribution in [3.8, 4) is 44.8 Å². The van der Waals surface area contributed by atoms with E-state index in [2.05, 4.69) is 153 Å². The van der Waals surface area contributed by atoms with Crippen LogP contribution < -0.4 is 0 Å². The molecule has 0 N–H and O–H groups in total. The Hall–Kier alpha value is -5.60. The molecule has 2 nitrogen and oxygen atoms in total. The molecule has 8 aromatic rings.